The van der Waals surface area contributed by atoms with Gasteiger partial charge in [0.25, 0.3) is 5.16 Å². The molecule has 12 rings (SSSR count). The van der Waals surface area contributed by atoms with E-state index in [1.54, 1.807) is 76.7 Å². The van der Waals surface area contributed by atoms with Gasteiger partial charge in [0.15, 0.2) is 23.0 Å². The molecular formula is C72H70N8O9S. The van der Waals surface area contributed by atoms with Crippen LogP contribution in [0.2, 0.25) is 0 Å². The van der Waals surface area contributed by atoms with Gasteiger partial charge in [-0.3, -0.25) is 19.7 Å². The smallest absolute Gasteiger partial charge is 0.410 e. The van der Waals surface area contributed by atoms with Gasteiger partial charge in [-0.25, -0.2) is 13.2 Å². The monoisotopic (exact) mass is 1220 g/mol. The molecule has 2 aliphatic rings. The standard InChI is InChI=1S/C30H33N5O6S.C30H28N2O2.C12H9NO/c1-30(2,3)41-29(36)34-16-15-22-17-27(40-19-21-11-7-5-8-12-21)26(39-4)18-24(22)25(34)20-42(37,38)28-31-32-33-35(28)23-13-9-6-10-14-23;1-33-29-20-27-26(19-30(29)34-21-23-6-3-2-4-7-23)14-17-32-28(27)11-10-22-8-5-9-25(18-22)24-12-15-31-16-13-24;14-9-10-2-1-3-12(8-10)11-4-6-13-7-5-11/h5-14,17-18,25H,15-16,19-20H2,1-4H3;2-13,15-16,18-20,28,32H,14,17,21H2,1H3;1-9H/b;11-10+;. The summed E-state index contributed by atoms with van der Waals surface area (Å²) in [7, 11) is -0.902. The number of fused-ring (bicyclic) bond motifs is 2. The van der Waals surface area contributed by atoms with Crippen molar-refractivity contribution in [2.75, 3.05) is 33.1 Å². The van der Waals surface area contributed by atoms with E-state index in [1.807, 2.05) is 116 Å². The van der Waals surface area contributed by atoms with Crippen molar-refractivity contribution in [3.8, 4) is 50.9 Å². The molecule has 0 aliphatic carbocycles. The summed E-state index contributed by atoms with van der Waals surface area (Å²) >= 11 is 0. The number of methoxy groups -OCH3 is 2. The number of carbonyl (C=O) groups excluding carboxylic acids is 2. The number of tetrazole rings is 1. The van der Waals surface area contributed by atoms with Gasteiger partial charge in [-0.15, -0.1) is 0 Å². The SMILES string of the molecule is COc1cc2c(cc1OCc1ccccc1)CCN(C(=O)OC(C)(C)C)C2CS(=O)(=O)c1nnnn1-c1ccccc1.COc1cc2c(cc1OCc1ccccc1)CCNC2/C=C/c1cccc(-c2ccncc2)c1.O=Cc1cccc(-c2ccncc2)c1. The van der Waals surface area contributed by atoms with Crippen molar-refractivity contribution >= 4 is 28.3 Å². The topological polar surface area (TPSA) is 199 Å². The largest absolute Gasteiger partial charge is 0.493 e. The predicted octanol–water partition coefficient (Wildman–Crippen LogP) is 13.4. The van der Waals surface area contributed by atoms with E-state index in [1.165, 1.54) is 38.9 Å². The second-order valence-electron chi connectivity index (χ2n) is 22.3. The number of hydrogen-bond donors (Lipinski definition) is 1. The maximum Gasteiger partial charge on any atom is 0.410 e. The van der Waals surface area contributed by atoms with Gasteiger partial charge < -0.3 is 29.0 Å². The molecule has 0 radical (unpaired) electrons. The van der Waals surface area contributed by atoms with Gasteiger partial charge in [0.2, 0.25) is 9.84 Å². The molecular weight excluding hydrogens is 1150 g/mol. The van der Waals surface area contributed by atoms with E-state index in [0.717, 1.165) is 64.1 Å². The summed E-state index contributed by atoms with van der Waals surface area (Å²) in [5.41, 5.74) is 12.2. The van der Waals surface area contributed by atoms with E-state index in [2.05, 4.69) is 91.5 Å². The number of hydrogen-bond acceptors (Lipinski definition) is 15. The molecule has 17 nitrogen and oxygen atoms in total. The van der Waals surface area contributed by atoms with E-state index in [0.29, 0.717) is 47.9 Å². The molecule has 2 unspecified atom stereocenters. The summed E-state index contributed by atoms with van der Waals surface area (Å²) in [4.78, 5) is 33.5. The zero-order valence-electron chi connectivity index (χ0n) is 50.8. The average Bonchev–Trinajstić information content (AvgIpc) is 3.54. The number of pyridine rings is 2. The normalized spacial score (nSPS) is 14.3. The van der Waals surface area contributed by atoms with Gasteiger partial charge in [-0.05, 0) is 178 Å². The highest BCUT2D eigenvalue weighted by molar-refractivity contribution is 7.91. The molecule has 0 bridgehead atoms. The molecule has 90 heavy (non-hydrogen) atoms. The number of ether oxygens (including phenoxy) is 5. The lowest BCUT2D eigenvalue weighted by molar-refractivity contribution is 0.0162. The molecule has 18 heteroatoms. The fraction of sp³-hybridized carbons (Fsp3) is 0.208. The van der Waals surface area contributed by atoms with Crippen LogP contribution in [0.5, 0.6) is 23.0 Å². The first-order valence-electron chi connectivity index (χ1n) is 29.4. The van der Waals surface area contributed by atoms with Gasteiger partial charge >= 0.3 is 6.09 Å². The molecule has 7 aromatic carbocycles. The van der Waals surface area contributed by atoms with E-state index in [-0.39, 0.29) is 17.7 Å². The number of carbonyl (C=O) groups is 2. The Morgan fingerprint density at radius 3 is 1.70 bits per heavy atom. The van der Waals surface area contributed by atoms with Crippen molar-refractivity contribution in [1.82, 2.24) is 40.4 Å². The number of para-hydroxylation sites is 1. The minimum absolute atomic E-state index is 0.116. The molecule has 0 saturated carbocycles. The molecule has 5 heterocycles. The number of aldehydes is 1. The second-order valence-corrected chi connectivity index (χ2v) is 24.2. The maximum absolute atomic E-state index is 13.9. The highest BCUT2D eigenvalue weighted by Crippen LogP contribution is 2.41. The summed E-state index contributed by atoms with van der Waals surface area (Å²) in [6.45, 7) is 7.32. The van der Waals surface area contributed by atoms with Crippen LogP contribution < -0.4 is 24.3 Å². The Kier molecular flexibility index (Phi) is 20.6. The van der Waals surface area contributed by atoms with Gasteiger partial charge in [-0.1, -0.05) is 133 Å². The first kappa shape index (κ1) is 62.7. The third-order valence-electron chi connectivity index (χ3n) is 14.9. The second kappa shape index (κ2) is 29.6. The van der Waals surface area contributed by atoms with Crippen molar-refractivity contribution in [1.29, 1.82) is 0 Å². The quantitative estimate of drug-likeness (QED) is 0.0844. The number of nitrogens with one attached hydrogen (secondary N) is 1. The molecule has 1 amide bonds. The number of aromatic nitrogens is 6. The fourth-order valence-corrected chi connectivity index (χ4v) is 12.0. The highest BCUT2D eigenvalue weighted by Gasteiger charge is 2.40. The van der Waals surface area contributed by atoms with Crippen LogP contribution in [0.3, 0.4) is 0 Å². The molecule has 2 aliphatic heterocycles. The number of nitrogens with zero attached hydrogens (tertiary/aromatic N) is 7. The molecule has 0 spiro atoms. The number of amides is 1. The molecule has 3 aromatic heterocycles. The molecule has 0 saturated heterocycles. The Morgan fingerprint density at radius 1 is 0.611 bits per heavy atom. The van der Waals surface area contributed by atoms with Crippen LogP contribution in [0, 0.1) is 0 Å². The van der Waals surface area contributed by atoms with Gasteiger partial charge in [0.05, 0.1) is 37.7 Å². The Hall–Kier alpha value is -10.3. The van der Waals surface area contributed by atoms with Crippen molar-refractivity contribution in [2.24, 2.45) is 0 Å². The summed E-state index contributed by atoms with van der Waals surface area (Å²) in [6, 6.07) is 59.7. The van der Waals surface area contributed by atoms with Crippen LogP contribution in [0.25, 0.3) is 34.0 Å². The number of benzene rings is 7. The zero-order chi connectivity index (χ0) is 62.9. The lowest BCUT2D eigenvalue weighted by Crippen LogP contribution is -2.45. The molecule has 1 N–H and O–H groups in total. The zero-order valence-corrected chi connectivity index (χ0v) is 51.6. The third kappa shape index (κ3) is 16.3. The number of rotatable bonds is 17. The van der Waals surface area contributed by atoms with Crippen LogP contribution in [-0.4, -0.2) is 94.5 Å². The van der Waals surface area contributed by atoms with Crippen LogP contribution in [-0.2, 0) is 40.6 Å². The Morgan fingerprint density at radius 2 is 1.14 bits per heavy atom. The minimum atomic E-state index is -4.12. The van der Waals surface area contributed by atoms with E-state index in [4.69, 9.17) is 23.7 Å². The van der Waals surface area contributed by atoms with Crippen LogP contribution in [0.1, 0.15) is 82.2 Å². The van der Waals surface area contributed by atoms with Crippen molar-refractivity contribution < 1.29 is 41.7 Å². The lowest BCUT2D eigenvalue weighted by atomic mass is 9.92. The lowest BCUT2D eigenvalue weighted by Gasteiger charge is -2.38. The van der Waals surface area contributed by atoms with Crippen molar-refractivity contribution in [3.05, 3.63) is 263 Å². The third-order valence-corrected chi connectivity index (χ3v) is 16.5. The van der Waals surface area contributed by atoms with Gasteiger partial charge in [-0.2, -0.15) is 4.68 Å². The molecule has 2 atom stereocenters. The summed E-state index contributed by atoms with van der Waals surface area (Å²) < 4.78 is 58.2. The first-order valence-corrected chi connectivity index (χ1v) is 31.1. The van der Waals surface area contributed by atoms with Crippen molar-refractivity contribution in [3.63, 3.8) is 0 Å². The summed E-state index contributed by atoms with van der Waals surface area (Å²) in [5, 5.41) is 14.7. The Labute approximate surface area is 524 Å². The van der Waals surface area contributed by atoms with Crippen molar-refractivity contribution in [2.45, 2.75) is 69.7 Å². The molecule has 0 fully saturated rings. The Bertz CT molecular complexity index is 4150. The van der Waals surface area contributed by atoms with E-state index in [9.17, 15) is 18.0 Å². The average molecular weight is 1220 g/mol. The minimum Gasteiger partial charge on any atom is -0.493 e. The fourth-order valence-electron chi connectivity index (χ4n) is 10.5. The van der Waals surface area contributed by atoms with Gasteiger partial charge in [0.1, 0.15) is 25.1 Å². The summed E-state index contributed by atoms with van der Waals surface area (Å²) in [5.74, 6) is 2.03. The Balaban J connectivity index is 0.000000165. The maximum atomic E-state index is 13.9. The molecule has 10 aromatic rings. The van der Waals surface area contributed by atoms with E-state index >= 15 is 0 Å². The van der Waals surface area contributed by atoms with Crippen LogP contribution in [0.4, 0.5) is 4.79 Å². The van der Waals surface area contributed by atoms with Crippen LogP contribution in [0.15, 0.2) is 224 Å². The van der Waals surface area contributed by atoms with Crippen LogP contribution >= 0.6 is 0 Å². The highest BCUT2D eigenvalue weighted by atomic mass is 32.2. The molecule has 458 valence electrons. The first-order chi connectivity index (χ1) is 43.7. The summed E-state index contributed by atoms with van der Waals surface area (Å²) in [6.07, 6.45) is 13.2. The van der Waals surface area contributed by atoms with Gasteiger partial charge in [0, 0.05) is 43.4 Å². The van der Waals surface area contributed by atoms with E-state index < -0.39 is 33.3 Å². The predicted molar refractivity (Wildman–Crippen MR) is 346 cm³/mol. The number of sulfone groups is 1.